The van der Waals surface area contributed by atoms with Crippen LogP contribution in [0.25, 0.3) is 0 Å². The van der Waals surface area contributed by atoms with E-state index in [0.29, 0.717) is 5.69 Å². The van der Waals surface area contributed by atoms with Gasteiger partial charge >= 0.3 is 0 Å². The van der Waals surface area contributed by atoms with Crippen molar-refractivity contribution in [3.05, 3.63) is 74.9 Å². The number of hydrogen-bond donors (Lipinski definition) is 0. The largest absolute Gasteiger partial charge is 0.270 e. The van der Waals surface area contributed by atoms with E-state index in [1.165, 1.54) is 24.3 Å². The molecule has 0 saturated carbocycles. The zero-order chi connectivity index (χ0) is 17.0. The Bertz CT molecular complexity index is 835. The molecule has 120 valence electrons. The lowest BCUT2D eigenvalue weighted by Gasteiger charge is -2.23. The van der Waals surface area contributed by atoms with Crippen LogP contribution in [0.15, 0.2) is 66.1 Å². The molecule has 0 heterocycles. The van der Waals surface area contributed by atoms with Gasteiger partial charge < -0.3 is 0 Å². The van der Waals surface area contributed by atoms with E-state index in [-0.39, 0.29) is 17.1 Å². The lowest BCUT2D eigenvalue weighted by atomic mass is 10.3. The monoisotopic (exact) mass is 444 g/mol. The van der Waals surface area contributed by atoms with Crippen molar-refractivity contribution in [2.45, 2.75) is 4.90 Å². The molecule has 0 aromatic heterocycles. The van der Waals surface area contributed by atoms with Gasteiger partial charge in [0.05, 0.1) is 22.1 Å². The zero-order valence-corrected chi connectivity index (χ0v) is 14.9. The van der Waals surface area contributed by atoms with Crippen LogP contribution in [0.4, 0.5) is 11.4 Å². The summed E-state index contributed by atoms with van der Waals surface area (Å²) in [4.78, 5) is 10.1. The summed E-state index contributed by atoms with van der Waals surface area (Å²) in [5.41, 5.74) is 0.198. The average molecular weight is 444 g/mol. The first-order chi connectivity index (χ1) is 10.9. The SMILES string of the molecule is C=CCN(c1ccc(I)cc1)S(=O)(=O)c1cccc([N+](=O)[O-])c1. The quantitative estimate of drug-likeness (QED) is 0.295. The van der Waals surface area contributed by atoms with Crippen molar-refractivity contribution in [3.8, 4) is 0 Å². The zero-order valence-electron chi connectivity index (χ0n) is 11.9. The molecule has 0 atom stereocenters. The number of rotatable bonds is 6. The van der Waals surface area contributed by atoms with Crippen LogP contribution in [0.5, 0.6) is 0 Å². The standard InChI is InChI=1S/C15H13IN2O4S/c1-2-10-17(13-8-6-12(16)7-9-13)23(21,22)15-5-3-4-14(11-15)18(19)20/h2-9,11H,1,10H2. The highest BCUT2D eigenvalue weighted by Crippen LogP contribution is 2.26. The van der Waals surface area contributed by atoms with Gasteiger partial charge in [-0.15, -0.1) is 6.58 Å². The van der Waals surface area contributed by atoms with E-state index in [0.717, 1.165) is 13.9 Å². The Morgan fingerprint density at radius 1 is 1.22 bits per heavy atom. The maximum Gasteiger partial charge on any atom is 0.270 e. The Morgan fingerprint density at radius 2 is 1.87 bits per heavy atom. The lowest BCUT2D eigenvalue weighted by molar-refractivity contribution is -0.385. The number of nitrogens with zero attached hydrogens (tertiary/aromatic N) is 2. The van der Waals surface area contributed by atoms with Crippen molar-refractivity contribution in [2.24, 2.45) is 0 Å². The number of benzene rings is 2. The molecule has 0 amide bonds. The van der Waals surface area contributed by atoms with Gasteiger partial charge in [-0.2, -0.15) is 0 Å². The van der Waals surface area contributed by atoms with E-state index in [4.69, 9.17) is 0 Å². The number of anilines is 1. The molecule has 0 N–H and O–H groups in total. The summed E-state index contributed by atoms with van der Waals surface area (Å²) < 4.78 is 27.8. The Balaban J connectivity index is 2.52. The van der Waals surface area contributed by atoms with E-state index in [1.54, 1.807) is 24.3 Å². The van der Waals surface area contributed by atoms with E-state index in [2.05, 4.69) is 29.2 Å². The van der Waals surface area contributed by atoms with Gasteiger partial charge in [0.15, 0.2) is 0 Å². The van der Waals surface area contributed by atoms with Gasteiger partial charge in [0.1, 0.15) is 0 Å². The molecule has 23 heavy (non-hydrogen) atoms. The summed E-state index contributed by atoms with van der Waals surface area (Å²) in [7, 11) is -3.93. The van der Waals surface area contributed by atoms with Gasteiger partial charge in [-0.3, -0.25) is 14.4 Å². The van der Waals surface area contributed by atoms with E-state index in [9.17, 15) is 18.5 Å². The molecular weight excluding hydrogens is 431 g/mol. The molecule has 0 aliphatic rings. The van der Waals surface area contributed by atoms with Crippen LogP contribution in [0, 0.1) is 13.7 Å². The summed E-state index contributed by atoms with van der Waals surface area (Å²) in [6, 6.07) is 11.9. The van der Waals surface area contributed by atoms with Crippen molar-refractivity contribution in [2.75, 3.05) is 10.8 Å². The Morgan fingerprint density at radius 3 is 2.43 bits per heavy atom. The molecular formula is C15H13IN2O4S. The van der Waals surface area contributed by atoms with Crippen molar-refractivity contribution in [3.63, 3.8) is 0 Å². The summed E-state index contributed by atoms with van der Waals surface area (Å²) in [6.07, 6.45) is 1.47. The smallest absolute Gasteiger partial charge is 0.263 e. The summed E-state index contributed by atoms with van der Waals surface area (Å²) in [6.45, 7) is 3.64. The topological polar surface area (TPSA) is 80.5 Å². The second kappa shape index (κ2) is 7.09. The summed E-state index contributed by atoms with van der Waals surface area (Å²) in [5, 5.41) is 10.9. The third-order valence-corrected chi connectivity index (χ3v) is 5.53. The lowest BCUT2D eigenvalue weighted by Crippen LogP contribution is -2.31. The number of sulfonamides is 1. The summed E-state index contributed by atoms with van der Waals surface area (Å²) in [5.74, 6) is 0. The number of hydrogen-bond acceptors (Lipinski definition) is 4. The highest BCUT2D eigenvalue weighted by atomic mass is 127. The van der Waals surface area contributed by atoms with E-state index < -0.39 is 14.9 Å². The highest BCUT2D eigenvalue weighted by molar-refractivity contribution is 14.1. The minimum Gasteiger partial charge on any atom is -0.263 e. The second-order valence-electron chi connectivity index (χ2n) is 4.56. The van der Waals surface area contributed by atoms with Gasteiger partial charge in [0.25, 0.3) is 15.7 Å². The van der Waals surface area contributed by atoms with Crippen LogP contribution in [0.2, 0.25) is 0 Å². The van der Waals surface area contributed by atoms with Crippen LogP contribution in [-0.2, 0) is 10.0 Å². The highest BCUT2D eigenvalue weighted by Gasteiger charge is 2.25. The minimum atomic E-state index is -3.93. The van der Waals surface area contributed by atoms with Gasteiger partial charge in [0.2, 0.25) is 0 Å². The van der Waals surface area contributed by atoms with Crippen LogP contribution in [0.1, 0.15) is 0 Å². The molecule has 0 radical (unpaired) electrons. The van der Waals surface area contributed by atoms with Crippen molar-refractivity contribution < 1.29 is 13.3 Å². The predicted octanol–water partition coefficient (Wildman–Crippen LogP) is 3.58. The van der Waals surface area contributed by atoms with Crippen LogP contribution < -0.4 is 4.31 Å². The fraction of sp³-hybridized carbons (Fsp3) is 0.0667. The molecule has 0 unspecified atom stereocenters. The average Bonchev–Trinajstić information content (AvgIpc) is 2.53. The fourth-order valence-corrected chi connectivity index (χ4v) is 3.79. The molecule has 0 spiro atoms. The van der Waals surface area contributed by atoms with Gasteiger partial charge in [0, 0.05) is 15.7 Å². The first-order valence-corrected chi connectivity index (χ1v) is 9.02. The normalized spacial score (nSPS) is 11.0. The van der Waals surface area contributed by atoms with Crippen LogP contribution in [-0.4, -0.2) is 19.9 Å². The van der Waals surface area contributed by atoms with Crippen LogP contribution in [0.3, 0.4) is 0 Å². The Kier molecular flexibility index (Phi) is 5.37. The maximum absolute atomic E-state index is 12.8. The number of nitro groups is 1. The third-order valence-electron chi connectivity index (χ3n) is 3.03. The fourth-order valence-electron chi connectivity index (χ4n) is 1.95. The number of non-ortho nitro benzene ring substituents is 1. The molecule has 0 aliphatic carbocycles. The Hall–Kier alpha value is -1.94. The van der Waals surface area contributed by atoms with Crippen molar-refractivity contribution in [1.82, 2.24) is 0 Å². The molecule has 0 fully saturated rings. The Labute approximate surface area is 147 Å². The molecule has 2 aromatic rings. The molecule has 6 nitrogen and oxygen atoms in total. The van der Waals surface area contributed by atoms with E-state index >= 15 is 0 Å². The molecule has 0 saturated heterocycles. The molecule has 2 aromatic carbocycles. The second-order valence-corrected chi connectivity index (χ2v) is 7.66. The molecule has 2 rings (SSSR count). The van der Waals surface area contributed by atoms with Gasteiger partial charge in [-0.25, -0.2) is 8.42 Å². The van der Waals surface area contributed by atoms with Gasteiger partial charge in [-0.05, 0) is 52.9 Å². The first kappa shape index (κ1) is 17.4. The molecule has 0 bridgehead atoms. The molecule has 0 aliphatic heterocycles. The van der Waals surface area contributed by atoms with E-state index in [1.807, 2.05) is 0 Å². The number of halogens is 1. The van der Waals surface area contributed by atoms with Crippen molar-refractivity contribution in [1.29, 1.82) is 0 Å². The maximum atomic E-state index is 12.8. The van der Waals surface area contributed by atoms with Crippen LogP contribution >= 0.6 is 22.6 Å². The van der Waals surface area contributed by atoms with Crippen molar-refractivity contribution >= 4 is 44.0 Å². The number of nitro benzene ring substituents is 1. The summed E-state index contributed by atoms with van der Waals surface area (Å²) >= 11 is 2.12. The predicted molar refractivity (Wildman–Crippen MR) is 97.0 cm³/mol. The molecule has 8 heteroatoms. The minimum absolute atomic E-state index is 0.0611. The third kappa shape index (κ3) is 3.88. The first-order valence-electron chi connectivity index (χ1n) is 6.50. The van der Waals surface area contributed by atoms with Gasteiger partial charge in [-0.1, -0.05) is 12.1 Å².